The molecule has 3 rings (SSSR count). The molecule has 0 unspecified atom stereocenters. The third-order valence-corrected chi connectivity index (χ3v) is 4.80. The van der Waals surface area contributed by atoms with Crippen LogP contribution >= 0.6 is 11.8 Å². The van der Waals surface area contributed by atoms with Gasteiger partial charge < -0.3 is 15.7 Å². The number of para-hydroxylation sites is 1. The monoisotopic (exact) mass is 378 g/mol. The van der Waals surface area contributed by atoms with Gasteiger partial charge in [0.05, 0.1) is 11.4 Å². The van der Waals surface area contributed by atoms with Gasteiger partial charge in [-0.25, -0.2) is 0 Å². The molecule has 2 amide bonds. The van der Waals surface area contributed by atoms with Gasteiger partial charge in [-0.15, -0.1) is 0 Å². The second kappa shape index (κ2) is 8.42. The minimum atomic E-state index is -0.853. The van der Waals surface area contributed by atoms with Crippen molar-refractivity contribution >= 4 is 35.0 Å². The van der Waals surface area contributed by atoms with E-state index in [1.807, 2.05) is 49.4 Å². The number of phenols is 1. The first-order valence-corrected chi connectivity index (χ1v) is 9.08. The lowest BCUT2D eigenvalue weighted by Crippen LogP contribution is -2.29. The molecular weight excluding hydrogens is 360 g/mol. The lowest BCUT2D eigenvalue weighted by molar-refractivity contribution is -0.133. The highest BCUT2D eigenvalue weighted by atomic mass is 32.2. The molecule has 0 saturated heterocycles. The van der Waals surface area contributed by atoms with Gasteiger partial charge in [0.15, 0.2) is 0 Å². The third-order valence-electron chi connectivity index (χ3n) is 3.71. The smallest absolute Gasteiger partial charge is 0.314 e. The SMILES string of the molecule is Cc1ccc(NC(=O)C(=O)Nc2ccccc2Sc2ccccc2)c(O)c1. The van der Waals surface area contributed by atoms with Crippen LogP contribution in [0.4, 0.5) is 11.4 Å². The van der Waals surface area contributed by atoms with E-state index in [-0.39, 0.29) is 11.4 Å². The Labute approximate surface area is 161 Å². The largest absolute Gasteiger partial charge is 0.506 e. The van der Waals surface area contributed by atoms with E-state index in [0.717, 1.165) is 15.4 Å². The lowest BCUT2D eigenvalue weighted by atomic mass is 10.2. The summed E-state index contributed by atoms with van der Waals surface area (Å²) in [5.74, 6) is -1.75. The Hall–Kier alpha value is -3.25. The number of aromatic hydroxyl groups is 1. The van der Waals surface area contributed by atoms with Crippen molar-refractivity contribution in [3.05, 3.63) is 78.4 Å². The zero-order valence-corrected chi connectivity index (χ0v) is 15.4. The van der Waals surface area contributed by atoms with Crippen LogP contribution in [0.25, 0.3) is 0 Å². The molecule has 3 aromatic rings. The maximum atomic E-state index is 12.3. The van der Waals surface area contributed by atoms with Crippen LogP contribution in [0.5, 0.6) is 5.75 Å². The molecule has 0 saturated carbocycles. The minimum Gasteiger partial charge on any atom is -0.506 e. The molecule has 0 heterocycles. The topological polar surface area (TPSA) is 78.4 Å². The molecule has 0 atom stereocenters. The number of carbonyl (C=O) groups excluding carboxylic acids is 2. The van der Waals surface area contributed by atoms with E-state index in [2.05, 4.69) is 10.6 Å². The van der Waals surface area contributed by atoms with Gasteiger partial charge in [-0.3, -0.25) is 9.59 Å². The van der Waals surface area contributed by atoms with E-state index >= 15 is 0 Å². The predicted molar refractivity (Wildman–Crippen MR) is 107 cm³/mol. The first kappa shape index (κ1) is 18.5. The molecule has 0 spiro atoms. The summed E-state index contributed by atoms with van der Waals surface area (Å²) >= 11 is 1.49. The van der Waals surface area contributed by atoms with Crippen molar-refractivity contribution in [2.24, 2.45) is 0 Å². The predicted octanol–water partition coefficient (Wildman–Crippen LogP) is 4.43. The van der Waals surface area contributed by atoms with Crippen LogP contribution in [0, 0.1) is 6.92 Å². The normalized spacial score (nSPS) is 10.3. The third kappa shape index (κ3) is 4.89. The molecule has 0 aromatic heterocycles. The average molecular weight is 378 g/mol. The van der Waals surface area contributed by atoms with Crippen molar-refractivity contribution < 1.29 is 14.7 Å². The Morgan fingerprint density at radius 3 is 2.15 bits per heavy atom. The number of nitrogens with one attached hydrogen (secondary N) is 2. The summed E-state index contributed by atoms with van der Waals surface area (Å²) in [4.78, 5) is 26.3. The Morgan fingerprint density at radius 1 is 0.815 bits per heavy atom. The van der Waals surface area contributed by atoms with E-state index in [9.17, 15) is 14.7 Å². The molecule has 0 bridgehead atoms. The van der Waals surface area contributed by atoms with Gasteiger partial charge in [-0.2, -0.15) is 0 Å². The van der Waals surface area contributed by atoms with Gasteiger partial charge >= 0.3 is 11.8 Å². The van der Waals surface area contributed by atoms with Gasteiger partial charge in [0.25, 0.3) is 0 Å². The van der Waals surface area contributed by atoms with Crippen LogP contribution in [0.2, 0.25) is 0 Å². The second-order valence-electron chi connectivity index (χ2n) is 5.84. The summed E-state index contributed by atoms with van der Waals surface area (Å²) in [5.41, 5.74) is 1.58. The number of anilines is 2. The molecule has 0 aliphatic carbocycles. The Morgan fingerprint density at radius 2 is 1.44 bits per heavy atom. The van der Waals surface area contributed by atoms with Crippen LogP contribution < -0.4 is 10.6 Å². The molecule has 0 aliphatic heterocycles. The number of benzene rings is 3. The van der Waals surface area contributed by atoms with Crippen LogP contribution in [-0.4, -0.2) is 16.9 Å². The van der Waals surface area contributed by atoms with E-state index < -0.39 is 11.8 Å². The fraction of sp³-hybridized carbons (Fsp3) is 0.0476. The number of hydrogen-bond donors (Lipinski definition) is 3. The Kier molecular flexibility index (Phi) is 5.78. The molecular formula is C21H18N2O3S. The standard InChI is InChI=1S/C21H18N2O3S/c1-14-11-12-16(18(24)13-14)22-20(25)21(26)23-17-9-5-6-10-19(17)27-15-7-3-2-4-8-15/h2-13,24H,1H3,(H,22,25)(H,23,26). The van der Waals surface area contributed by atoms with Gasteiger partial charge in [0, 0.05) is 9.79 Å². The Balaban J connectivity index is 1.71. The molecule has 0 radical (unpaired) electrons. The van der Waals surface area contributed by atoms with Crippen molar-refractivity contribution in [1.82, 2.24) is 0 Å². The fourth-order valence-corrected chi connectivity index (χ4v) is 3.30. The van der Waals surface area contributed by atoms with Gasteiger partial charge in [0.2, 0.25) is 0 Å². The van der Waals surface area contributed by atoms with Gasteiger partial charge in [-0.1, -0.05) is 48.2 Å². The molecule has 3 N–H and O–H groups in total. The van der Waals surface area contributed by atoms with Gasteiger partial charge in [-0.05, 0) is 48.9 Å². The zero-order chi connectivity index (χ0) is 19.2. The highest BCUT2D eigenvalue weighted by Crippen LogP contribution is 2.33. The maximum absolute atomic E-state index is 12.3. The molecule has 3 aromatic carbocycles. The highest BCUT2D eigenvalue weighted by molar-refractivity contribution is 7.99. The molecule has 5 nitrogen and oxygen atoms in total. The lowest BCUT2D eigenvalue weighted by Gasteiger charge is -2.11. The van der Waals surface area contributed by atoms with E-state index in [1.54, 1.807) is 24.3 Å². The van der Waals surface area contributed by atoms with Crippen LogP contribution in [0.15, 0.2) is 82.6 Å². The summed E-state index contributed by atoms with van der Waals surface area (Å²) in [6.07, 6.45) is 0. The number of rotatable bonds is 4. The quantitative estimate of drug-likeness (QED) is 0.464. The Bertz CT molecular complexity index is 974. The molecule has 0 fully saturated rings. The number of amides is 2. The number of phenolic OH excluding ortho intramolecular Hbond substituents is 1. The summed E-state index contributed by atoms with van der Waals surface area (Å²) < 4.78 is 0. The average Bonchev–Trinajstić information content (AvgIpc) is 2.66. The molecule has 0 aliphatic rings. The molecule has 136 valence electrons. The van der Waals surface area contributed by atoms with Crippen molar-refractivity contribution in [3.63, 3.8) is 0 Å². The van der Waals surface area contributed by atoms with Crippen LogP contribution in [0.3, 0.4) is 0 Å². The first-order valence-electron chi connectivity index (χ1n) is 8.27. The molecule has 27 heavy (non-hydrogen) atoms. The number of aryl methyl sites for hydroxylation is 1. The number of carbonyl (C=O) groups is 2. The van der Waals surface area contributed by atoms with E-state index in [0.29, 0.717) is 5.69 Å². The minimum absolute atomic E-state index is 0.0869. The maximum Gasteiger partial charge on any atom is 0.314 e. The van der Waals surface area contributed by atoms with Crippen LogP contribution in [-0.2, 0) is 9.59 Å². The summed E-state index contributed by atoms with van der Waals surface area (Å²) in [7, 11) is 0. The fourth-order valence-electron chi connectivity index (χ4n) is 2.38. The van der Waals surface area contributed by atoms with Crippen LogP contribution in [0.1, 0.15) is 5.56 Å². The summed E-state index contributed by atoms with van der Waals surface area (Å²) in [6.45, 7) is 1.82. The van der Waals surface area contributed by atoms with Crippen molar-refractivity contribution in [2.75, 3.05) is 10.6 Å². The van der Waals surface area contributed by atoms with Crippen molar-refractivity contribution in [3.8, 4) is 5.75 Å². The van der Waals surface area contributed by atoms with Crippen molar-refractivity contribution in [2.45, 2.75) is 16.7 Å². The number of hydrogen-bond acceptors (Lipinski definition) is 4. The summed E-state index contributed by atoms with van der Waals surface area (Å²) in [6, 6.07) is 21.8. The first-order chi connectivity index (χ1) is 13.0. The van der Waals surface area contributed by atoms with E-state index in [4.69, 9.17) is 0 Å². The second-order valence-corrected chi connectivity index (χ2v) is 6.96. The summed E-state index contributed by atoms with van der Waals surface area (Å²) in [5, 5.41) is 14.9. The van der Waals surface area contributed by atoms with E-state index in [1.165, 1.54) is 17.8 Å². The van der Waals surface area contributed by atoms with Crippen molar-refractivity contribution in [1.29, 1.82) is 0 Å². The zero-order valence-electron chi connectivity index (χ0n) is 14.6. The highest BCUT2D eigenvalue weighted by Gasteiger charge is 2.17. The van der Waals surface area contributed by atoms with Gasteiger partial charge in [0.1, 0.15) is 5.75 Å². The molecule has 6 heteroatoms.